The van der Waals surface area contributed by atoms with Gasteiger partial charge in [0.1, 0.15) is 5.76 Å². The molecule has 1 fully saturated rings. The number of likely N-dealkylation sites (N-methyl/N-ethyl adjacent to an activating group) is 1. The molecule has 0 spiro atoms. The molecule has 1 aliphatic rings. The normalized spacial score (nSPS) is 24.8. The molecule has 1 atom stereocenters. The number of likely N-dealkylation sites (tertiary alicyclic amines) is 1. The first kappa shape index (κ1) is 8.56. The van der Waals surface area contributed by atoms with Crippen LogP contribution in [0.5, 0.6) is 0 Å². The van der Waals surface area contributed by atoms with E-state index in [1.165, 1.54) is 19.4 Å². The maximum absolute atomic E-state index is 5.50. The zero-order chi connectivity index (χ0) is 9.26. The van der Waals surface area contributed by atoms with Crippen molar-refractivity contribution in [2.24, 2.45) is 0 Å². The molecule has 4 heteroatoms. The number of hydrogen-bond acceptors (Lipinski definition) is 4. The van der Waals surface area contributed by atoms with Crippen molar-refractivity contribution in [2.45, 2.75) is 18.8 Å². The number of nitrogens with zero attached hydrogens (tertiary/aromatic N) is 2. The Bertz CT molecular complexity index is 284. The van der Waals surface area contributed by atoms with E-state index < -0.39 is 0 Å². The fourth-order valence-corrected chi connectivity index (χ4v) is 1.89. The minimum atomic E-state index is 0.476. The van der Waals surface area contributed by atoms with Crippen molar-refractivity contribution < 1.29 is 4.52 Å². The van der Waals surface area contributed by atoms with Crippen molar-refractivity contribution in [2.75, 3.05) is 25.9 Å². The largest absolute Gasteiger partial charge is 0.381 e. The minimum absolute atomic E-state index is 0.476. The molecule has 2 N–H and O–H groups in total. The highest BCUT2D eigenvalue weighted by Crippen LogP contribution is 2.26. The predicted molar refractivity (Wildman–Crippen MR) is 50.4 cm³/mol. The first-order valence-electron chi connectivity index (χ1n) is 4.66. The van der Waals surface area contributed by atoms with E-state index in [-0.39, 0.29) is 0 Å². The van der Waals surface area contributed by atoms with E-state index in [0.717, 1.165) is 12.3 Å². The van der Waals surface area contributed by atoms with Gasteiger partial charge < -0.3 is 15.2 Å². The van der Waals surface area contributed by atoms with Crippen LogP contribution in [0.25, 0.3) is 0 Å². The lowest BCUT2D eigenvalue weighted by Crippen LogP contribution is -2.30. The highest BCUT2D eigenvalue weighted by molar-refractivity contribution is 5.28. The summed E-state index contributed by atoms with van der Waals surface area (Å²) in [6, 6.07) is 1.84. The summed E-state index contributed by atoms with van der Waals surface area (Å²) in [5.74, 6) is 1.90. The molecule has 72 valence electrons. The van der Waals surface area contributed by atoms with Crippen molar-refractivity contribution in [1.29, 1.82) is 0 Å². The topological polar surface area (TPSA) is 55.3 Å². The van der Waals surface area contributed by atoms with Crippen molar-refractivity contribution in [1.82, 2.24) is 10.1 Å². The van der Waals surface area contributed by atoms with Gasteiger partial charge in [-0.3, -0.25) is 0 Å². The van der Waals surface area contributed by atoms with Gasteiger partial charge >= 0.3 is 0 Å². The molecule has 0 radical (unpaired) electrons. The van der Waals surface area contributed by atoms with Crippen molar-refractivity contribution in [3.8, 4) is 0 Å². The van der Waals surface area contributed by atoms with Gasteiger partial charge in [-0.1, -0.05) is 5.16 Å². The minimum Gasteiger partial charge on any atom is -0.381 e. The molecule has 2 rings (SSSR count). The van der Waals surface area contributed by atoms with Gasteiger partial charge in [-0.25, -0.2) is 0 Å². The Morgan fingerprint density at radius 2 is 2.54 bits per heavy atom. The maximum Gasteiger partial charge on any atom is 0.167 e. The van der Waals surface area contributed by atoms with Crippen molar-refractivity contribution >= 4 is 5.82 Å². The zero-order valence-corrected chi connectivity index (χ0v) is 7.86. The summed E-state index contributed by atoms with van der Waals surface area (Å²) < 4.78 is 5.15. The molecule has 1 aromatic rings. The van der Waals surface area contributed by atoms with Crippen molar-refractivity contribution in [3.63, 3.8) is 0 Å². The lowest BCUT2D eigenvalue weighted by Gasteiger charge is -2.27. The number of nitrogens with two attached hydrogens (primary N) is 1. The average Bonchev–Trinajstić information content (AvgIpc) is 2.52. The van der Waals surface area contributed by atoms with E-state index in [1.807, 2.05) is 6.07 Å². The smallest absolute Gasteiger partial charge is 0.167 e. The molecular formula is C9H15N3O. The van der Waals surface area contributed by atoms with Gasteiger partial charge in [0.2, 0.25) is 0 Å². The lowest BCUT2D eigenvalue weighted by atomic mass is 9.96. The number of aromatic nitrogens is 1. The Balaban J connectivity index is 2.08. The predicted octanol–water partition coefficient (Wildman–Crippen LogP) is 1.07. The summed E-state index contributed by atoms with van der Waals surface area (Å²) in [5.41, 5.74) is 5.50. The van der Waals surface area contributed by atoms with Gasteiger partial charge in [-0.15, -0.1) is 0 Å². The third-order valence-corrected chi connectivity index (χ3v) is 2.57. The second kappa shape index (κ2) is 3.38. The number of hydrogen-bond donors (Lipinski definition) is 1. The van der Waals surface area contributed by atoms with Crippen LogP contribution in [0.4, 0.5) is 5.82 Å². The third-order valence-electron chi connectivity index (χ3n) is 2.57. The maximum atomic E-state index is 5.50. The summed E-state index contributed by atoms with van der Waals surface area (Å²) in [6.07, 6.45) is 2.40. The first-order valence-corrected chi connectivity index (χ1v) is 4.66. The summed E-state index contributed by atoms with van der Waals surface area (Å²) in [4.78, 5) is 2.31. The Morgan fingerprint density at radius 1 is 1.69 bits per heavy atom. The average molecular weight is 181 g/mol. The number of anilines is 1. The molecule has 0 saturated carbocycles. The molecule has 0 bridgehead atoms. The van der Waals surface area contributed by atoms with Gasteiger partial charge in [0.25, 0.3) is 0 Å². The van der Waals surface area contributed by atoms with E-state index in [1.54, 1.807) is 0 Å². The number of rotatable bonds is 1. The zero-order valence-electron chi connectivity index (χ0n) is 7.86. The van der Waals surface area contributed by atoms with E-state index in [2.05, 4.69) is 17.1 Å². The molecule has 0 aromatic carbocycles. The SMILES string of the molecule is CN1CCCC(c2cc(N)no2)C1. The van der Waals surface area contributed by atoms with Crippen LogP contribution < -0.4 is 5.73 Å². The standard InChI is InChI=1S/C9H15N3O/c1-12-4-2-3-7(6-12)8-5-9(10)11-13-8/h5,7H,2-4,6H2,1H3,(H2,10,11). The summed E-state index contributed by atoms with van der Waals surface area (Å²) in [7, 11) is 2.13. The quantitative estimate of drug-likeness (QED) is 0.704. The van der Waals surface area contributed by atoms with E-state index >= 15 is 0 Å². The number of piperidine rings is 1. The molecule has 0 aliphatic carbocycles. The Labute approximate surface area is 77.7 Å². The molecule has 1 saturated heterocycles. The van der Waals surface area contributed by atoms with Gasteiger partial charge in [0.15, 0.2) is 5.82 Å². The molecule has 2 heterocycles. The molecule has 0 amide bonds. The van der Waals surface area contributed by atoms with Crippen LogP contribution in [-0.2, 0) is 0 Å². The van der Waals surface area contributed by atoms with Crippen LogP contribution >= 0.6 is 0 Å². The van der Waals surface area contributed by atoms with E-state index in [4.69, 9.17) is 10.3 Å². The van der Waals surface area contributed by atoms with Crippen LogP contribution in [0.2, 0.25) is 0 Å². The Morgan fingerprint density at radius 3 is 3.15 bits per heavy atom. The van der Waals surface area contributed by atoms with Crippen LogP contribution in [0.15, 0.2) is 10.6 Å². The third kappa shape index (κ3) is 1.83. The monoisotopic (exact) mass is 181 g/mol. The second-order valence-corrected chi connectivity index (χ2v) is 3.76. The second-order valence-electron chi connectivity index (χ2n) is 3.76. The van der Waals surface area contributed by atoms with Crippen LogP contribution in [0.3, 0.4) is 0 Å². The molecular weight excluding hydrogens is 166 g/mol. The van der Waals surface area contributed by atoms with Gasteiger partial charge in [-0.2, -0.15) is 0 Å². The van der Waals surface area contributed by atoms with Gasteiger partial charge in [0.05, 0.1) is 0 Å². The molecule has 4 nitrogen and oxygen atoms in total. The summed E-state index contributed by atoms with van der Waals surface area (Å²) in [6.45, 7) is 2.23. The first-order chi connectivity index (χ1) is 6.25. The van der Waals surface area contributed by atoms with Crippen LogP contribution in [0.1, 0.15) is 24.5 Å². The highest BCUT2D eigenvalue weighted by Gasteiger charge is 2.22. The molecule has 1 unspecified atom stereocenters. The van der Waals surface area contributed by atoms with Crippen LogP contribution in [-0.4, -0.2) is 30.2 Å². The Kier molecular flexibility index (Phi) is 2.22. The lowest BCUT2D eigenvalue weighted by molar-refractivity contribution is 0.224. The fraction of sp³-hybridized carbons (Fsp3) is 0.667. The van der Waals surface area contributed by atoms with Crippen molar-refractivity contribution in [3.05, 3.63) is 11.8 Å². The number of nitrogen functional groups attached to an aromatic ring is 1. The highest BCUT2D eigenvalue weighted by atomic mass is 16.5. The van der Waals surface area contributed by atoms with Crippen LogP contribution in [0, 0.1) is 0 Å². The van der Waals surface area contributed by atoms with E-state index in [9.17, 15) is 0 Å². The Hall–Kier alpha value is -1.03. The molecule has 1 aliphatic heterocycles. The molecule has 13 heavy (non-hydrogen) atoms. The molecule has 1 aromatic heterocycles. The fourth-order valence-electron chi connectivity index (χ4n) is 1.89. The van der Waals surface area contributed by atoms with Gasteiger partial charge in [0, 0.05) is 18.5 Å². The summed E-state index contributed by atoms with van der Waals surface area (Å²) in [5, 5.41) is 3.70. The summed E-state index contributed by atoms with van der Waals surface area (Å²) >= 11 is 0. The van der Waals surface area contributed by atoms with Gasteiger partial charge in [-0.05, 0) is 26.4 Å². The van der Waals surface area contributed by atoms with E-state index in [0.29, 0.717) is 11.7 Å².